The van der Waals surface area contributed by atoms with Crippen LogP contribution in [0.15, 0.2) is 36.7 Å². The summed E-state index contributed by atoms with van der Waals surface area (Å²) in [6.45, 7) is 2.65. The van der Waals surface area contributed by atoms with E-state index in [0.29, 0.717) is 31.0 Å². The van der Waals surface area contributed by atoms with Crippen molar-refractivity contribution in [3.05, 3.63) is 48.0 Å². The lowest BCUT2D eigenvalue weighted by Gasteiger charge is -2.08. The molecule has 2 N–H and O–H groups in total. The molecule has 0 unspecified atom stereocenters. The lowest BCUT2D eigenvalue weighted by Crippen LogP contribution is -2.25. The molecule has 2 rings (SSSR count). The smallest absolute Gasteiger partial charge is 0.251 e. The van der Waals surface area contributed by atoms with E-state index in [-0.39, 0.29) is 11.8 Å². The monoisotopic (exact) mass is 316 g/mol. The van der Waals surface area contributed by atoms with Gasteiger partial charge in [-0.1, -0.05) is 0 Å². The quantitative estimate of drug-likeness (QED) is 0.742. The van der Waals surface area contributed by atoms with Crippen LogP contribution in [0, 0.1) is 0 Å². The van der Waals surface area contributed by atoms with Gasteiger partial charge in [0.15, 0.2) is 0 Å². The van der Waals surface area contributed by atoms with Crippen LogP contribution in [-0.2, 0) is 18.4 Å². The molecule has 0 aliphatic heterocycles. The second kappa shape index (κ2) is 7.98. The molecule has 7 nitrogen and oxygen atoms in total. The van der Waals surface area contributed by atoms with E-state index < -0.39 is 0 Å². The minimum Gasteiger partial charge on any atom is -0.492 e. The summed E-state index contributed by atoms with van der Waals surface area (Å²) in [5.74, 6) is 1.18. The van der Waals surface area contributed by atoms with Crippen molar-refractivity contribution in [2.75, 3.05) is 13.2 Å². The minimum absolute atomic E-state index is 0.0895. The van der Waals surface area contributed by atoms with Crippen LogP contribution in [0.4, 0.5) is 0 Å². The van der Waals surface area contributed by atoms with E-state index in [1.807, 2.05) is 17.8 Å². The van der Waals surface area contributed by atoms with Crippen LogP contribution in [0.5, 0.6) is 5.75 Å². The molecule has 0 bridgehead atoms. The maximum absolute atomic E-state index is 12.1. The van der Waals surface area contributed by atoms with Crippen molar-refractivity contribution in [2.24, 2.45) is 7.05 Å². The Morgan fingerprint density at radius 2 is 1.96 bits per heavy atom. The second-order valence-electron chi connectivity index (χ2n) is 4.99. The van der Waals surface area contributed by atoms with E-state index in [2.05, 4.69) is 15.6 Å². The number of carbonyl (C=O) groups excluding carboxylic acids is 2. The van der Waals surface area contributed by atoms with Crippen LogP contribution in [0.2, 0.25) is 0 Å². The largest absolute Gasteiger partial charge is 0.492 e. The first-order chi connectivity index (χ1) is 11.1. The van der Waals surface area contributed by atoms with Gasteiger partial charge in [0.2, 0.25) is 5.91 Å². The number of rotatable bonds is 7. The summed E-state index contributed by atoms with van der Waals surface area (Å²) in [5, 5.41) is 5.46. The summed E-state index contributed by atoms with van der Waals surface area (Å²) in [5.41, 5.74) is 0.549. The van der Waals surface area contributed by atoms with Crippen LogP contribution in [0.3, 0.4) is 0 Å². The summed E-state index contributed by atoms with van der Waals surface area (Å²) < 4.78 is 7.32. The molecule has 0 atom stereocenters. The molecule has 2 amide bonds. The number of imidazole rings is 1. The van der Waals surface area contributed by atoms with E-state index in [1.54, 1.807) is 30.5 Å². The van der Waals surface area contributed by atoms with Crippen molar-refractivity contribution in [3.8, 4) is 5.75 Å². The fourth-order valence-corrected chi connectivity index (χ4v) is 1.93. The number of ether oxygens (including phenoxy) is 1. The molecule has 0 saturated carbocycles. The van der Waals surface area contributed by atoms with Crippen molar-refractivity contribution in [1.82, 2.24) is 20.2 Å². The van der Waals surface area contributed by atoms with Crippen molar-refractivity contribution >= 4 is 11.8 Å². The SMILES string of the molecule is CC(=O)NCCOc1ccc(C(=O)NCc2nccn2C)cc1. The topological polar surface area (TPSA) is 85.2 Å². The standard InChI is InChI=1S/C16H20N4O3/c1-12(21)17-8-10-23-14-5-3-13(4-6-14)16(22)19-11-15-18-7-9-20(15)2/h3-7,9H,8,10-11H2,1-2H3,(H,17,21)(H,19,22). The third-order valence-corrected chi connectivity index (χ3v) is 3.19. The maximum atomic E-state index is 12.1. The molecule has 0 spiro atoms. The zero-order chi connectivity index (χ0) is 16.7. The fraction of sp³-hybridized carbons (Fsp3) is 0.312. The second-order valence-corrected chi connectivity index (χ2v) is 4.99. The Kier molecular flexibility index (Phi) is 5.74. The Hall–Kier alpha value is -2.83. The Bertz CT molecular complexity index is 664. The molecule has 122 valence electrons. The molecule has 0 aliphatic carbocycles. The minimum atomic E-state index is -0.169. The third kappa shape index (κ3) is 5.14. The van der Waals surface area contributed by atoms with Gasteiger partial charge in [0.05, 0.1) is 13.1 Å². The van der Waals surface area contributed by atoms with Gasteiger partial charge >= 0.3 is 0 Å². The Labute approximate surface area is 134 Å². The van der Waals surface area contributed by atoms with E-state index in [9.17, 15) is 9.59 Å². The number of aryl methyl sites for hydroxylation is 1. The average molecular weight is 316 g/mol. The number of aromatic nitrogens is 2. The van der Waals surface area contributed by atoms with Crippen LogP contribution >= 0.6 is 0 Å². The molecule has 0 radical (unpaired) electrons. The highest BCUT2D eigenvalue weighted by Crippen LogP contribution is 2.12. The van der Waals surface area contributed by atoms with Crippen LogP contribution in [0.1, 0.15) is 23.1 Å². The molecule has 7 heteroatoms. The first kappa shape index (κ1) is 16.5. The van der Waals surface area contributed by atoms with Gasteiger partial charge in [-0.15, -0.1) is 0 Å². The zero-order valence-electron chi connectivity index (χ0n) is 13.2. The molecular formula is C16H20N4O3. The lowest BCUT2D eigenvalue weighted by atomic mass is 10.2. The van der Waals surface area contributed by atoms with E-state index in [0.717, 1.165) is 5.82 Å². The fourth-order valence-electron chi connectivity index (χ4n) is 1.93. The first-order valence-corrected chi connectivity index (χ1v) is 7.28. The van der Waals surface area contributed by atoms with Crippen LogP contribution in [-0.4, -0.2) is 34.5 Å². The van der Waals surface area contributed by atoms with Gasteiger partial charge < -0.3 is 19.9 Å². The number of amides is 2. The molecule has 0 fully saturated rings. The Balaban J connectivity index is 1.80. The van der Waals surface area contributed by atoms with Crippen molar-refractivity contribution in [2.45, 2.75) is 13.5 Å². The average Bonchev–Trinajstić information content (AvgIpc) is 2.95. The van der Waals surface area contributed by atoms with Crippen LogP contribution < -0.4 is 15.4 Å². The Morgan fingerprint density at radius 1 is 1.22 bits per heavy atom. The molecule has 0 saturated heterocycles. The molecule has 0 aliphatic rings. The van der Waals surface area contributed by atoms with Crippen molar-refractivity contribution in [3.63, 3.8) is 0 Å². The molecule has 23 heavy (non-hydrogen) atoms. The van der Waals surface area contributed by atoms with Gasteiger partial charge in [0.1, 0.15) is 18.2 Å². The van der Waals surface area contributed by atoms with Gasteiger partial charge in [0, 0.05) is 31.9 Å². The highest BCUT2D eigenvalue weighted by atomic mass is 16.5. The summed E-state index contributed by atoms with van der Waals surface area (Å²) in [7, 11) is 1.88. The van der Waals surface area contributed by atoms with Gasteiger partial charge in [0.25, 0.3) is 5.91 Å². The number of carbonyl (C=O) groups is 2. The number of nitrogens with zero attached hydrogens (tertiary/aromatic N) is 2. The zero-order valence-corrected chi connectivity index (χ0v) is 13.2. The molecule has 1 aromatic carbocycles. The lowest BCUT2D eigenvalue weighted by molar-refractivity contribution is -0.119. The number of benzene rings is 1. The van der Waals surface area contributed by atoms with Gasteiger partial charge in [-0.2, -0.15) is 0 Å². The Morgan fingerprint density at radius 3 is 2.57 bits per heavy atom. The predicted octanol–water partition coefficient (Wildman–Crippen LogP) is 0.865. The van der Waals surface area contributed by atoms with E-state index in [4.69, 9.17) is 4.74 Å². The number of hydrogen-bond acceptors (Lipinski definition) is 4. The molecule has 2 aromatic rings. The van der Waals surface area contributed by atoms with Crippen molar-refractivity contribution in [1.29, 1.82) is 0 Å². The predicted molar refractivity (Wildman–Crippen MR) is 85.0 cm³/mol. The highest BCUT2D eigenvalue weighted by Gasteiger charge is 2.07. The van der Waals surface area contributed by atoms with Crippen LogP contribution in [0.25, 0.3) is 0 Å². The van der Waals surface area contributed by atoms with E-state index >= 15 is 0 Å². The number of hydrogen-bond donors (Lipinski definition) is 2. The molecular weight excluding hydrogens is 296 g/mol. The maximum Gasteiger partial charge on any atom is 0.251 e. The summed E-state index contributed by atoms with van der Waals surface area (Å²) >= 11 is 0. The highest BCUT2D eigenvalue weighted by molar-refractivity contribution is 5.94. The normalized spacial score (nSPS) is 10.2. The van der Waals surface area contributed by atoms with E-state index in [1.165, 1.54) is 6.92 Å². The van der Waals surface area contributed by atoms with Gasteiger partial charge in [-0.3, -0.25) is 9.59 Å². The third-order valence-electron chi connectivity index (χ3n) is 3.19. The summed E-state index contributed by atoms with van der Waals surface area (Å²) in [6, 6.07) is 6.84. The summed E-state index contributed by atoms with van der Waals surface area (Å²) in [4.78, 5) is 26.9. The van der Waals surface area contributed by atoms with Gasteiger partial charge in [-0.25, -0.2) is 4.98 Å². The van der Waals surface area contributed by atoms with Gasteiger partial charge in [-0.05, 0) is 24.3 Å². The van der Waals surface area contributed by atoms with Crippen molar-refractivity contribution < 1.29 is 14.3 Å². The number of nitrogens with one attached hydrogen (secondary N) is 2. The molecule has 1 heterocycles. The molecule has 1 aromatic heterocycles. The summed E-state index contributed by atoms with van der Waals surface area (Å²) in [6.07, 6.45) is 3.52. The first-order valence-electron chi connectivity index (χ1n) is 7.28.